The molecular weight excluding hydrogens is 470 g/mol. The fourth-order valence-electron chi connectivity index (χ4n) is 4.05. The van der Waals surface area contributed by atoms with Crippen molar-refractivity contribution >= 4 is 34.2 Å². The van der Waals surface area contributed by atoms with E-state index in [9.17, 15) is 14.4 Å². The second-order valence-electron chi connectivity index (χ2n) is 10.2. The maximum Gasteiger partial charge on any atom is 0.246 e. The molecule has 0 aliphatic rings. The van der Waals surface area contributed by atoms with Gasteiger partial charge in [0.2, 0.25) is 17.7 Å². The van der Waals surface area contributed by atoms with Crippen LogP contribution in [0.2, 0.25) is 0 Å². The molecule has 0 radical (unpaired) electrons. The number of anilines is 1. The van der Waals surface area contributed by atoms with E-state index in [0.717, 1.165) is 17.2 Å². The van der Waals surface area contributed by atoms with E-state index < -0.39 is 24.0 Å². The topological polar surface area (TPSA) is 149 Å². The lowest BCUT2D eigenvalue weighted by molar-refractivity contribution is -0.132. The molecule has 7 N–H and O–H groups in total. The second-order valence-corrected chi connectivity index (χ2v) is 10.2. The molecule has 2 rings (SSSR count). The molecule has 0 heterocycles. The summed E-state index contributed by atoms with van der Waals surface area (Å²) in [4.78, 5) is 39.2. The van der Waals surface area contributed by atoms with Crippen molar-refractivity contribution in [1.29, 1.82) is 0 Å². The number of rotatable bonds is 14. The SMILES string of the molecule is COc1cc(NC(=O)C(CCCCN)NC(=O)C(CC(C)C)NC(=O)C(N)C(C)C)cc2ccccc12. The summed E-state index contributed by atoms with van der Waals surface area (Å²) >= 11 is 0. The summed E-state index contributed by atoms with van der Waals surface area (Å²) in [5.41, 5.74) is 12.2. The van der Waals surface area contributed by atoms with Crippen molar-refractivity contribution in [2.24, 2.45) is 23.3 Å². The number of nitrogens with two attached hydrogens (primary N) is 2. The summed E-state index contributed by atoms with van der Waals surface area (Å²) in [7, 11) is 1.58. The van der Waals surface area contributed by atoms with Gasteiger partial charge >= 0.3 is 0 Å². The molecule has 2 aromatic rings. The monoisotopic (exact) mass is 513 g/mol. The number of fused-ring (bicyclic) bond motifs is 1. The zero-order chi connectivity index (χ0) is 27.5. The number of nitrogens with one attached hydrogen (secondary N) is 3. The van der Waals surface area contributed by atoms with Crippen LogP contribution in [0.4, 0.5) is 5.69 Å². The number of ether oxygens (including phenoxy) is 1. The standard InChI is InChI=1S/C28H43N5O4/c1-17(2)14-23(33-28(36)25(30)18(3)4)27(35)32-22(12-8-9-13-29)26(34)31-20-15-19-10-6-7-11-21(19)24(16-20)37-5/h6-7,10-11,15-18,22-23,25H,8-9,12-14,29-30H2,1-5H3,(H,31,34)(H,32,35)(H,33,36). The number of benzene rings is 2. The predicted molar refractivity (Wildman–Crippen MR) is 148 cm³/mol. The molecule has 3 atom stereocenters. The van der Waals surface area contributed by atoms with Gasteiger partial charge in [0.25, 0.3) is 0 Å². The zero-order valence-electron chi connectivity index (χ0n) is 22.7. The van der Waals surface area contributed by atoms with Crippen LogP contribution in [0.5, 0.6) is 5.75 Å². The first kappa shape index (κ1) is 30.1. The van der Waals surface area contributed by atoms with Crippen LogP contribution in [0.1, 0.15) is 53.4 Å². The van der Waals surface area contributed by atoms with Gasteiger partial charge in [-0.2, -0.15) is 0 Å². The second kappa shape index (κ2) is 14.5. The predicted octanol–water partition coefficient (Wildman–Crippen LogP) is 2.91. The molecule has 3 unspecified atom stereocenters. The van der Waals surface area contributed by atoms with Crippen molar-refractivity contribution in [3.63, 3.8) is 0 Å². The van der Waals surface area contributed by atoms with Crippen LogP contribution >= 0.6 is 0 Å². The van der Waals surface area contributed by atoms with E-state index in [1.54, 1.807) is 13.2 Å². The first-order valence-corrected chi connectivity index (χ1v) is 13.0. The van der Waals surface area contributed by atoms with E-state index in [4.69, 9.17) is 16.2 Å². The Kier molecular flexibility index (Phi) is 11.8. The summed E-state index contributed by atoms with van der Waals surface area (Å²) in [6.45, 7) is 8.12. The minimum atomic E-state index is -0.804. The molecule has 0 aliphatic carbocycles. The minimum absolute atomic E-state index is 0.0727. The van der Waals surface area contributed by atoms with Crippen molar-refractivity contribution in [2.75, 3.05) is 19.0 Å². The molecule has 0 aromatic heterocycles. The van der Waals surface area contributed by atoms with Crippen LogP contribution in [0.15, 0.2) is 36.4 Å². The van der Waals surface area contributed by atoms with Crippen LogP contribution < -0.4 is 32.2 Å². The van der Waals surface area contributed by atoms with Gasteiger partial charge in [0.15, 0.2) is 0 Å². The number of hydrogen-bond acceptors (Lipinski definition) is 6. The minimum Gasteiger partial charge on any atom is -0.496 e. The highest BCUT2D eigenvalue weighted by Crippen LogP contribution is 2.30. The van der Waals surface area contributed by atoms with Gasteiger partial charge in [-0.25, -0.2) is 0 Å². The van der Waals surface area contributed by atoms with Gasteiger partial charge in [-0.15, -0.1) is 0 Å². The summed E-state index contributed by atoms with van der Waals surface area (Å²) in [5, 5.41) is 10.4. The number of amides is 3. The molecule has 0 aliphatic heterocycles. The fraction of sp³-hybridized carbons (Fsp3) is 0.536. The van der Waals surface area contributed by atoms with Crippen LogP contribution in [-0.2, 0) is 14.4 Å². The largest absolute Gasteiger partial charge is 0.496 e. The molecule has 37 heavy (non-hydrogen) atoms. The third kappa shape index (κ3) is 9.02. The van der Waals surface area contributed by atoms with Crippen molar-refractivity contribution < 1.29 is 19.1 Å². The maximum absolute atomic E-state index is 13.3. The van der Waals surface area contributed by atoms with Crippen molar-refractivity contribution in [3.05, 3.63) is 36.4 Å². The Morgan fingerprint density at radius 1 is 0.919 bits per heavy atom. The lowest BCUT2D eigenvalue weighted by Gasteiger charge is -2.26. The third-order valence-electron chi connectivity index (χ3n) is 6.25. The Balaban J connectivity index is 2.23. The number of carbonyl (C=O) groups excluding carboxylic acids is 3. The highest BCUT2D eigenvalue weighted by Gasteiger charge is 2.29. The van der Waals surface area contributed by atoms with Crippen LogP contribution in [-0.4, -0.2) is 49.5 Å². The van der Waals surface area contributed by atoms with Crippen molar-refractivity contribution in [3.8, 4) is 5.75 Å². The van der Waals surface area contributed by atoms with Crippen LogP contribution in [0.25, 0.3) is 10.8 Å². The number of carbonyl (C=O) groups is 3. The smallest absolute Gasteiger partial charge is 0.246 e. The van der Waals surface area contributed by atoms with E-state index >= 15 is 0 Å². The number of unbranched alkanes of at least 4 members (excludes halogenated alkanes) is 1. The van der Waals surface area contributed by atoms with Crippen LogP contribution in [0, 0.1) is 11.8 Å². The van der Waals surface area contributed by atoms with Crippen molar-refractivity contribution in [2.45, 2.75) is 71.5 Å². The Hall–Kier alpha value is -3.17. The van der Waals surface area contributed by atoms with E-state index in [-0.39, 0.29) is 23.7 Å². The molecule has 0 spiro atoms. The van der Waals surface area contributed by atoms with E-state index in [1.807, 2.05) is 58.0 Å². The van der Waals surface area contributed by atoms with E-state index in [1.165, 1.54) is 0 Å². The molecule has 2 aromatic carbocycles. The van der Waals surface area contributed by atoms with Gasteiger partial charge in [-0.05, 0) is 55.5 Å². The average Bonchev–Trinajstić information content (AvgIpc) is 2.86. The molecule has 204 valence electrons. The molecule has 0 fully saturated rings. The van der Waals surface area contributed by atoms with Crippen LogP contribution in [0.3, 0.4) is 0 Å². The fourth-order valence-corrected chi connectivity index (χ4v) is 4.05. The summed E-state index contributed by atoms with van der Waals surface area (Å²) < 4.78 is 5.51. The Morgan fingerprint density at radius 2 is 1.59 bits per heavy atom. The highest BCUT2D eigenvalue weighted by molar-refractivity contribution is 6.01. The quantitative estimate of drug-likeness (QED) is 0.245. The summed E-state index contributed by atoms with van der Waals surface area (Å²) in [6, 6.07) is 9.01. The molecular formula is C28H43N5O4. The normalized spacial score (nSPS) is 13.8. The average molecular weight is 514 g/mol. The Labute approximate surface area is 220 Å². The third-order valence-corrected chi connectivity index (χ3v) is 6.25. The van der Waals surface area contributed by atoms with Gasteiger partial charge in [0.05, 0.1) is 13.2 Å². The van der Waals surface area contributed by atoms with Gasteiger partial charge in [0, 0.05) is 17.1 Å². The molecule has 0 bridgehead atoms. The summed E-state index contributed by atoms with van der Waals surface area (Å²) in [6.07, 6.45) is 2.21. The molecule has 0 saturated heterocycles. The van der Waals surface area contributed by atoms with E-state index in [0.29, 0.717) is 37.2 Å². The number of methoxy groups -OCH3 is 1. The van der Waals surface area contributed by atoms with Gasteiger partial charge < -0.3 is 32.2 Å². The first-order valence-electron chi connectivity index (χ1n) is 13.0. The molecule has 3 amide bonds. The van der Waals surface area contributed by atoms with Gasteiger partial charge in [-0.1, -0.05) is 52.0 Å². The Morgan fingerprint density at radius 3 is 2.22 bits per heavy atom. The number of hydrogen-bond donors (Lipinski definition) is 5. The lowest BCUT2D eigenvalue weighted by Crippen LogP contribution is -2.56. The summed E-state index contributed by atoms with van der Waals surface area (Å²) in [5.74, 6) is -0.447. The molecule has 0 saturated carbocycles. The highest BCUT2D eigenvalue weighted by atomic mass is 16.5. The lowest BCUT2D eigenvalue weighted by atomic mass is 9.99. The maximum atomic E-state index is 13.3. The van der Waals surface area contributed by atoms with Gasteiger partial charge in [0.1, 0.15) is 17.8 Å². The Bertz CT molecular complexity index is 1060. The molecule has 9 nitrogen and oxygen atoms in total. The van der Waals surface area contributed by atoms with Gasteiger partial charge in [-0.3, -0.25) is 14.4 Å². The van der Waals surface area contributed by atoms with Crippen molar-refractivity contribution in [1.82, 2.24) is 10.6 Å². The zero-order valence-corrected chi connectivity index (χ0v) is 22.7. The van der Waals surface area contributed by atoms with E-state index in [2.05, 4.69) is 16.0 Å². The first-order chi connectivity index (χ1) is 17.6. The molecule has 9 heteroatoms.